The van der Waals surface area contributed by atoms with Crippen molar-refractivity contribution in [2.45, 2.75) is 67.8 Å². The van der Waals surface area contributed by atoms with Crippen molar-refractivity contribution >= 4 is 50.6 Å². The number of sulfonamides is 1. The first-order valence-electron chi connectivity index (χ1n) is 19.8. The number of fused-ring (bicyclic) bond motifs is 1. The number of nitrogens with one attached hydrogen (secondary N) is 2. The van der Waals surface area contributed by atoms with Crippen molar-refractivity contribution in [2.24, 2.45) is 5.92 Å². The SMILES string of the molecule is C=CC(=O)N(C)C[C@@H](C(=O)N1C[C@H](Oc2cc(-c3ccccc3)nc3cc(OC)ccc23)C[C@H]1C(=O)N[C@]1(C(=O)NS(=O)(=O)c2ccccc2)C[C@H]1C=C)N(C(=O)O)C(C)(C)C. The van der Waals surface area contributed by atoms with E-state index in [0.717, 1.165) is 21.4 Å². The summed E-state index contributed by atoms with van der Waals surface area (Å²) in [4.78, 5) is 77.2. The Balaban J connectivity index is 1.40. The van der Waals surface area contributed by atoms with Gasteiger partial charge in [-0.2, -0.15) is 0 Å². The third kappa shape index (κ3) is 9.27. The molecule has 17 heteroatoms. The molecule has 2 aliphatic rings. The van der Waals surface area contributed by atoms with Crippen LogP contribution in [0, 0.1) is 5.92 Å². The van der Waals surface area contributed by atoms with Gasteiger partial charge >= 0.3 is 6.09 Å². The highest BCUT2D eigenvalue weighted by Crippen LogP contribution is 2.45. The van der Waals surface area contributed by atoms with Gasteiger partial charge in [0.05, 0.1) is 36.3 Å². The zero-order chi connectivity index (χ0) is 45.1. The van der Waals surface area contributed by atoms with E-state index < -0.39 is 81.5 Å². The van der Waals surface area contributed by atoms with Crippen LogP contribution in [0.4, 0.5) is 4.79 Å². The number of benzene rings is 3. The maximum absolute atomic E-state index is 15.0. The van der Waals surface area contributed by atoms with Crippen molar-refractivity contribution in [3.8, 4) is 22.8 Å². The van der Waals surface area contributed by atoms with E-state index in [1.807, 2.05) is 30.3 Å². The molecule has 0 bridgehead atoms. The van der Waals surface area contributed by atoms with Gasteiger partial charge in [-0.3, -0.25) is 24.1 Å². The lowest BCUT2D eigenvalue weighted by atomic mass is 10.0. The summed E-state index contributed by atoms with van der Waals surface area (Å²) in [5.41, 5.74) is -1.01. The number of hydrogen-bond donors (Lipinski definition) is 3. The Morgan fingerprint density at radius 2 is 1.68 bits per heavy atom. The van der Waals surface area contributed by atoms with Gasteiger partial charge in [0.25, 0.3) is 15.9 Å². The number of pyridine rings is 1. The van der Waals surface area contributed by atoms with Crippen LogP contribution >= 0.6 is 0 Å². The van der Waals surface area contributed by atoms with E-state index in [1.165, 1.54) is 49.4 Å². The Hall–Kier alpha value is -6.75. The summed E-state index contributed by atoms with van der Waals surface area (Å²) in [6, 6.07) is 20.8. The fourth-order valence-corrected chi connectivity index (χ4v) is 8.83. The van der Waals surface area contributed by atoms with E-state index in [0.29, 0.717) is 28.1 Å². The number of rotatable bonds is 15. The smallest absolute Gasteiger partial charge is 0.408 e. The molecule has 6 rings (SSSR count). The van der Waals surface area contributed by atoms with Crippen molar-refractivity contribution < 1.29 is 47.0 Å². The number of aromatic nitrogens is 1. The first kappa shape index (κ1) is 44.8. The number of methoxy groups -OCH3 is 1. The largest absolute Gasteiger partial charge is 0.497 e. The molecule has 1 saturated heterocycles. The quantitative estimate of drug-likeness (QED) is 0.111. The molecule has 1 aliphatic heterocycles. The molecule has 2 heterocycles. The second-order valence-electron chi connectivity index (χ2n) is 16.3. The Labute approximate surface area is 360 Å². The Bertz CT molecular complexity index is 2510. The van der Waals surface area contributed by atoms with E-state index in [4.69, 9.17) is 14.5 Å². The van der Waals surface area contributed by atoms with Crippen LogP contribution in [0.25, 0.3) is 22.2 Å². The third-order valence-corrected chi connectivity index (χ3v) is 12.4. The van der Waals surface area contributed by atoms with E-state index in [9.17, 15) is 32.7 Å². The summed E-state index contributed by atoms with van der Waals surface area (Å²) >= 11 is 0. The molecule has 1 aliphatic carbocycles. The van der Waals surface area contributed by atoms with Gasteiger partial charge in [0.2, 0.25) is 17.7 Å². The third-order valence-electron chi connectivity index (χ3n) is 11.0. The van der Waals surface area contributed by atoms with Crippen LogP contribution < -0.4 is 19.5 Å². The average molecular weight is 867 g/mol. The molecule has 0 unspecified atom stereocenters. The number of carboxylic acid groups (broad SMARTS) is 1. The zero-order valence-corrected chi connectivity index (χ0v) is 35.9. The number of likely N-dealkylation sites (N-methyl/N-ethyl adjacent to an activating group) is 1. The minimum Gasteiger partial charge on any atom is -0.497 e. The van der Waals surface area contributed by atoms with E-state index in [2.05, 4.69) is 23.2 Å². The highest BCUT2D eigenvalue weighted by atomic mass is 32.2. The van der Waals surface area contributed by atoms with Crippen LogP contribution in [-0.2, 0) is 29.2 Å². The van der Waals surface area contributed by atoms with Gasteiger partial charge in [-0.25, -0.2) is 22.9 Å². The number of likely N-dealkylation sites (tertiary alicyclic amines) is 1. The number of ether oxygens (including phenoxy) is 2. The van der Waals surface area contributed by atoms with Crippen LogP contribution in [0.15, 0.2) is 115 Å². The van der Waals surface area contributed by atoms with Crippen LogP contribution in [0.5, 0.6) is 11.5 Å². The Morgan fingerprint density at radius 1 is 1.02 bits per heavy atom. The molecule has 1 saturated carbocycles. The van der Waals surface area contributed by atoms with Gasteiger partial charge in [0.15, 0.2) is 0 Å². The molecule has 62 heavy (non-hydrogen) atoms. The van der Waals surface area contributed by atoms with Gasteiger partial charge in [0, 0.05) is 48.0 Å². The molecule has 326 valence electrons. The van der Waals surface area contributed by atoms with Crippen LogP contribution in [-0.4, -0.2) is 119 Å². The van der Waals surface area contributed by atoms with Gasteiger partial charge in [-0.15, -0.1) is 6.58 Å². The number of hydrogen-bond acceptors (Lipinski definition) is 10. The summed E-state index contributed by atoms with van der Waals surface area (Å²) in [6.45, 7) is 11.5. The van der Waals surface area contributed by atoms with Gasteiger partial charge in [-0.05, 0) is 57.5 Å². The molecule has 16 nitrogen and oxygen atoms in total. The monoisotopic (exact) mass is 866 g/mol. The van der Waals surface area contributed by atoms with Crippen molar-refractivity contribution in [2.75, 3.05) is 27.2 Å². The van der Waals surface area contributed by atoms with E-state index in [1.54, 1.807) is 51.1 Å². The molecule has 4 aromatic rings. The highest BCUT2D eigenvalue weighted by Gasteiger charge is 2.61. The molecular formula is C45H50N6O10S. The summed E-state index contributed by atoms with van der Waals surface area (Å²) in [5.74, 6) is -2.94. The fourth-order valence-electron chi connectivity index (χ4n) is 7.78. The molecule has 2 fully saturated rings. The molecule has 0 spiro atoms. The topological polar surface area (TPSA) is 205 Å². The van der Waals surface area contributed by atoms with Crippen LogP contribution in [0.1, 0.15) is 33.6 Å². The van der Waals surface area contributed by atoms with Gasteiger partial charge in [0.1, 0.15) is 35.2 Å². The minimum absolute atomic E-state index is 0.0155. The lowest BCUT2D eigenvalue weighted by molar-refractivity contribution is -0.145. The van der Waals surface area contributed by atoms with Crippen molar-refractivity contribution in [3.05, 3.63) is 110 Å². The zero-order valence-electron chi connectivity index (χ0n) is 35.1. The summed E-state index contributed by atoms with van der Waals surface area (Å²) < 4.78 is 40.7. The highest BCUT2D eigenvalue weighted by molar-refractivity contribution is 7.90. The van der Waals surface area contributed by atoms with Crippen molar-refractivity contribution in [1.29, 1.82) is 0 Å². The summed E-state index contributed by atoms with van der Waals surface area (Å²) in [5, 5.41) is 13.9. The predicted molar refractivity (Wildman–Crippen MR) is 230 cm³/mol. The second-order valence-corrected chi connectivity index (χ2v) is 17.9. The molecule has 3 N–H and O–H groups in total. The standard InChI is InChI=1S/C45H50N6O10S/c1-8-29-25-45(29,42(55)48-62(58,59)32-18-14-11-15-19-32)47-40(53)36-23-31(26-50(36)41(54)37(27-49(6)39(52)9-2)51(43(56)57)44(3,4)5)61-38-24-34(28-16-12-10-13-17-28)46-35-22-30(60-7)20-21-33(35)38/h8-22,24,29,31,36-37H,1-2,23,25-27H2,3-7H3,(H,47,53)(H,48,55)(H,56,57)/t29-,31-,36+,37+,45-/m1/s1. The predicted octanol–water partition coefficient (Wildman–Crippen LogP) is 4.62. The van der Waals surface area contributed by atoms with Crippen LogP contribution in [0.2, 0.25) is 0 Å². The molecule has 5 amide bonds. The van der Waals surface area contributed by atoms with Crippen molar-refractivity contribution in [1.82, 2.24) is 29.7 Å². The number of nitrogens with zero attached hydrogens (tertiary/aromatic N) is 4. The molecule has 3 aromatic carbocycles. The Morgan fingerprint density at radius 3 is 2.26 bits per heavy atom. The van der Waals surface area contributed by atoms with Gasteiger partial charge < -0.3 is 29.7 Å². The lowest BCUT2D eigenvalue weighted by Crippen LogP contribution is -2.63. The van der Waals surface area contributed by atoms with Crippen molar-refractivity contribution in [3.63, 3.8) is 0 Å². The number of carbonyl (C=O) groups excluding carboxylic acids is 4. The first-order valence-corrected chi connectivity index (χ1v) is 21.3. The number of amides is 5. The summed E-state index contributed by atoms with van der Waals surface area (Å²) in [6.07, 6.45) is 0.0203. The maximum Gasteiger partial charge on any atom is 0.408 e. The first-order chi connectivity index (χ1) is 29.3. The summed E-state index contributed by atoms with van der Waals surface area (Å²) in [7, 11) is -1.42. The maximum atomic E-state index is 15.0. The molecule has 0 radical (unpaired) electrons. The second kappa shape index (κ2) is 17.7. The average Bonchev–Trinajstić information content (AvgIpc) is 3.81. The van der Waals surface area contributed by atoms with Gasteiger partial charge in [-0.1, -0.05) is 61.2 Å². The normalized spacial score (nSPS) is 20.0. The van der Waals surface area contributed by atoms with E-state index >= 15 is 4.79 Å². The minimum atomic E-state index is -4.35. The molecular weight excluding hydrogens is 817 g/mol. The molecule has 1 aromatic heterocycles. The Kier molecular flexibility index (Phi) is 12.8. The van der Waals surface area contributed by atoms with Crippen LogP contribution in [0.3, 0.4) is 0 Å². The fraction of sp³-hybridized carbons (Fsp3) is 0.333. The van der Waals surface area contributed by atoms with E-state index in [-0.39, 0.29) is 24.3 Å². The lowest BCUT2D eigenvalue weighted by Gasteiger charge is -2.42. The molecule has 5 atom stereocenters. The number of carbonyl (C=O) groups is 5.